The van der Waals surface area contributed by atoms with Crippen molar-refractivity contribution < 1.29 is 13.2 Å². The lowest BCUT2D eigenvalue weighted by molar-refractivity contribution is -0.138. The molecule has 3 heteroatoms. The monoisotopic (exact) mass is 200 g/mol. The second kappa shape index (κ2) is 3.30. The minimum absolute atomic E-state index is 0.447. The van der Waals surface area contributed by atoms with Gasteiger partial charge in [-0.25, -0.2) is 0 Å². The maximum Gasteiger partial charge on any atom is 0.416 e. The standard InChI is InChI=1S/C11H11F3/c12-11(13,14)10-4-2-1-3-9(10)7-8-5-6-8/h1-4,8H,5-7H2. The Morgan fingerprint density at radius 1 is 1.14 bits per heavy atom. The van der Waals surface area contributed by atoms with Gasteiger partial charge >= 0.3 is 6.18 Å². The van der Waals surface area contributed by atoms with Gasteiger partial charge in [-0.15, -0.1) is 0 Å². The summed E-state index contributed by atoms with van der Waals surface area (Å²) in [5.74, 6) is 0.485. The average molecular weight is 200 g/mol. The number of hydrogen-bond donors (Lipinski definition) is 0. The molecule has 1 fully saturated rings. The first-order valence-corrected chi connectivity index (χ1v) is 4.72. The Labute approximate surface area is 80.7 Å². The molecule has 0 amide bonds. The SMILES string of the molecule is FC(F)(F)c1ccccc1CC1CC1. The summed E-state index contributed by atoms with van der Waals surface area (Å²) < 4.78 is 37.6. The van der Waals surface area contributed by atoms with Crippen LogP contribution in [-0.4, -0.2) is 0 Å². The zero-order valence-electron chi connectivity index (χ0n) is 7.64. The summed E-state index contributed by atoms with van der Waals surface area (Å²) in [4.78, 5) is 0. The molecule has 76 valence electrons. The summed E-state index contributed by atoms with van der Waals surface area (Å²) in [5, 5.41) is 0. The van der Waals surface area contributed by atoms with Gasteiger partial charge in [0.25, 0.3) is 0 Å². The summed E-state index contributed by atoms with van der Waals surface area (Å²) in [5.41, 5.74) is -0.0191. The van der Waals surface area contributed by atoms with E-state index in [1.165, 1.54) is 6.07 Å². The smallest absolute Gasteiger partial charge is 0.166 e. The quantitative estimate of drug-likeness (QED) is 0.683. The van der Waals surface area contributed by atoms with Gasteiger partial charge in [0.1, 0.15) is 0 Å². The molecule has 0 aliphatic heterocycles. The van der Waals surface area contributed by atoms with Gasteiger partial charge in [0.15, 0.2) is 0 Å². The largest absolute Gasteiger partial charge is 0.416 e. The number of benzene rings is 1. The summed E-state index contributed by atoms with van der Waals surface area (Å²) >= 11 is 0. The van der Waals surface area contributed by atoms with E-state index in [2.05, 4.69) is 0 Å². The normalized spacial score (nSPS) is 17.1. The molecule has 0 saturated heterocycles. The van der Waals surface area contributed by atoms with Crippen molar-refractivity contribution in [3.05, 3.63) is 35.4 Å². The maximum absolute atomic E-state index is 12.5. The Bertz CT molecular complexity index is 324. The molecule has 0 radical (unpaired) electrons. The van der Waals surface area contributed by atoms with Crippen LogP contribution < -0.4 is 0 Å². The summed E-state index contributed by atoms with van der Waals surface area (Å²) in [6, 6.07) is 5.87. The van der Waals surface area contributed by atoms with Gasteiger partial charge in [-0.1, -0.05) is 18.2 Å². The predicted molar refractivity (Wildman–Crippen MR) is 47.9 cm³/mol. The molecule has 0 unspecified atom stereocenters. The van der Waals surface area contributed by atoms with Gasteiger partial charge in [0.2, 0.25) is 0 Å². The van der Waals surface area contributed by atoms with E-state index in [1.807, 2.05) is 0 Å². The van der Waals surface area contributed by atoms with Gasteiger partial charge in [-0.05, 0) is 36.8 Å². The lowest BCUT2D eigenvalue weighted by Gasteiger charge is -2.11. The highest BCUT2D eigenvalue weighted by Crippen LogP contribution is 2.37. The third kappa shape index (κ3) is 2.08. The Kier molecular flexibility index (Phi) is 2.25. The molecular formula is C11H11F3. The van der Waals surface area contributed by atoms with Gasteiger partial charge in [0, 0.05) is 0 Å². The molecule has 0 bridgehead atoms. The highest BCUT2D eigenvalue weighted by molar-refractivity contribution is 5.30. The molecule has 0 spiro atoms. The predicted octanol–water partition coefficient (Wildman–Crippen LogP) is 3.66. The summed E-state index contributed by atoms with van der Waals surface area (Å²) in [6.45, 7) is 0. The average Bonchev–Trinajstić information content (AvgIpc) is 2.87. The van der Waals surface area contributed by atoms with Gasteiger partial charge in [-0.3, -0.25) is 0 Å². The van der Waals surface area contributed by atoms with Crippen LogP contribution in [0.1, 0.15) is 24.0 Å². The third-order valence-corrected chi connectivity index (χ3v) is 2.53. The Hall–Kier alpha value is -0.990. The van der Waals surface area contributed by atoms with Crippen molar-refractivity contribution in [1.29, 1.82) is 0 Å². The zero-order valence-corrected chi connectivity index (χ0v) is 7.64. The van der Waals surface area contributed by atoms with Crippen molar-refractivity contribution in [3.8, 4) is 0 Å². The van der Waals surface area contributed by atoms with E-state index in [-0.39, 0.29) is 0 Å². The van der Waals surface area contributed by atoms with E-state index >= 15 is 0 Å². The molecular weight excluding hydrogens is 189 g/mol. The first kappa shape index (κ1) is 9.56. The number of halogens is 3. The van der Waals surface area contributed by atoms with Crippen molar-refractivity contribution in [1.82, 2.24) is 0 Å². The van der Waals surface area contributed by atoms with E-state index < -0.39 is 11.7 Å². The number of rotatable bonds is 2. The fourth-order valence-corrected chi connectivity index (χ4v) is 1.61. The van der Waals surface area contributed by atoms with Crippen LogP contribution in [0.4, 0.5) is 13.2 Å². The molecule has 1 aliphatic carbocycles. The molecule has 1 saturated carbocycles. The first-order valence-electron chi connectivity index (χ1n) is 4.72. The molecule has 0 N–H and O–H groups in total. The van der Waals surface area contributed by atoms with E-state index in [0.717, 1.165) is 18.9 Å². The van der Waals surface area contributed by atoms with Crippen LogP contribution >= 0.6 is 0 Å². The molecule has 1 aromatic carbocycles. The van der Waals surface area contributed by atoms with Crippen molar-refractivity contribution >= 4 is 0 Å². The fraction of sp³-hybridized carbons (Fsp3) is 0.455. The first-order chi connectivity index (χ1) is 6.57. The van der Waals surface area contributed by atoms with Crippen LogP contribution in [0.5, 0.6) is 0 Å². The van der Waals surface area contributed by atoms with Gasteiger partial charge in [-0.2, -0.15) is 13.2 Å². The van der Waals surface area contributed by atoms with Gasteiger partial charge < -0.3 is 0 Å². The molecule has 1 aliphatic rings. The lowest BCUT2D eigenvalue weighted by atomic mass is 10.0. The zero-order chi connectivity index (χ0) is 10.2. The van der Waals surface area contributed by atoms with E-state index in [0.29, 0.717) is 17.9 Å². The molecule has 1 aromatic rings. The van der Waals surface area contributed by atoms with E-state index in [9.17, 15) is 13.2 Å². The van der Waals surface area contributed by atoms with Crippen LogP contribution in [0.3, 0.4) is 0 Å². The summed E-state index contributed by atoms with van der Waals surface area (Å²) in [6.07, 6.45) is -1.47. The van der Waals surface area contributed by atoms with E-state index in [4.69, 9.17) is 0 Å². The van der Waals surface area contributed by atoms with Crippen molar-refractivity contribution in [3.63, 3.8) is 0 Å². The fourth-order valence-electron chi connectivity index (χ4n) is 1.61. The Balaban J connectivity index is 2.27. The highest BCUT2D eigenvalue weighted by Gasteiger charge is 2.34. The minimum Gasteiger partial charge on any atom is -0.166 e. The molecule has 0 heterocycles. The molecule has 0 atom stereocenters. The number of hydrogen-bond acceptors (Lipinski definition) is 0. The van der Waals surface area contributed by atoms with Crippen LogP contribution in [-0.2, 0) is 12.6 Å². The Morgan fingerprint density at radius 2 is 1.79 bits per heavy atom. The van der Waals surface area contributed by atoms with Gasteiger partial charge in [0.05, 0.1) is 5.56 Å². The molecule has 0 nitrogen and oxygen atoms in total. The lowest BCUT2D eigenvalue weighted by Crippen LogP contribution is -2.09. The minimum atomic E-state index is -4.20. The van der Waals surface area contributed by atoms with Crippen molar-refractivity contribution in [2.75, 3.05) is 0 Å². The van der Waals surface area contributed by atoms with Crippen LogP contribution in [0.2, 0.25) is 0 Å². The second-order valence-corrected chi connectivity index (χ2v) is 3.80. The third-order valence-electron chi connectivity index (χ3n) is 2.53. The maximum atomic E-state index is 12.5. The molecule has 0 aromatic heterocycles. The van der Waals surface area contributed by atoms with Crippen LogP contribution in [0.25, 0.3) is 0 Å². The topological polar surface area (TPSA) is 0 Å². The highest BCUT2D eigenvalue weighted by atomic mass is 19.4. The van der Waals surface area contributed by atoms with Crippen LogP contribution in [0.15, 0.2) is 24.3 Å². The van der Waals surface area contributed by atoms with Crippen molar-refractivity contribution in [2.45, 2.75) is 25.4 Å². The van der Waals surface area contributed by atoms with E-state index in [1.54, 1.807) is 12.1 Å². The second-order valence-electron chi connectivity index (χ2n) is 3.80. The van der Waals surface area contributed by atoms with Crippen LogP contribution in [0, 0.1) is 5.92 Å². The summed E-state index contributed by atoms with van der Waals surface area (Å²) in [7, 11) is 0. The molecule has 2 rings (SSSR count). The molecule has 14 heavy (non-hydrogen) atoms. The Morgan fingerprint density at radius 3 is 2.36 bits per heavy atom. The number of alkyl halides is 3. The van der Waals surface area contributed by atoms with Crippen molar-refractivity contribution in [2.24, 2.45) is 5.92 Å².